The van der Waals surface area contributed by atoms with Crippen LogP contribution in [-0.4, -0.2) is 0 Å². The Kier molecular flexibility index (Phi) is 2.97. The molecule has 1 atom stereocenters. The summed E-state index contributed by atoms with van der Waals surface area (Å²) < 4.78 is 0. The number of terminal acetylenes is 1. The van der Waals surface area contributed by atoms with Gasteiger partial charge in [-0.3, -0.25) is 0 Å². The topological polar surface area (TPSA) is 0 Å². The largest absolute Gasteiger partial charge is 0.119 e. The average molecular weight is 244 g/mol. The lowest BCUT2D eigenvalue weighted by Crippen LogP contribution is -1.97. The Morgan fingerprint density at radius 2 is 1.47 bits per heavy atom. The molecule has 1 unspecified atom stereocenters. The van der Waals surface area contributed by atoms with Gasteiger partial charge < -0.3 is 0 Å². The summed E-state index contributed by atoms with van der Waals surface area (Å²) in [6, 6.07) is 19.3. The van der Waals surface area contributed by atoms with Crippen LogP contribution in [0, 0.1) is 12.3 Å². The third-order valence-corrected chi connectivity index (χ3v) is 3.77. The Bertz CT molecular complexity index is 721. The summed E-state index contributed by atoms with van der Waals surface area (Å²) in [5, 5.41) is 5.10. The van der Waals surface area contributed by atoms with Crippen molar-refractivity contribution < 1.29 is 0 Å². The Hall–Kier alpha value is -2.26. The monoisotopic (exact) mass is 244 g/mol. The number of hydrogen-bond donors (Lipinski definition) is 0. The third kappa shape index (κ3) is 1.88. The van der Waals surface area contributed by atoms with Crippen LogP contribution in [0.4, 0.5) is 0 Å². The maximum atomic E-state index is 5.75. The standard InChI is InChI=1S/C19H16/c1-3-14(4-2)19-17-11-7-5-9-15(17)13-16-10-6-8-12-18(16)19/h1,5-14H,4H2,2H3. The highest BCUT2D eigenvalue weighted by atomic mass is 14.2. The molecule has 0 spiro atoms. The van der Waals surface area contributed by atoms with Crippen molar-refractivity contribution in [3.05, 3.63) is 60.2 Å². The van der Waals surface area contributed by atoms with E-state index in [2.05, 4.69) is 67.4 Å². The fraction of sp³-hybridized carbons (Fsp3) is 0.158. The summed E-state index contributed by atoms with van der Waals surface area (Å²) in [5.41, 5.74) is 1.30. The van der Waals surface area contributed by atoms with Crippen molar-refractivity contribution in [3.8, 4) is 12.3 Å². The van der Waals surface area contributed by atoms with Crippen LogP contribution in [0.2, 0.25) is 0 Å². The summed E-state index contributed by atoms with van der Waals surface area (Å²) in [6.07, 6.45) is 6.71. The molecule has 0 nitrogen and oxygen atoms in total. The highest BCUT2D eigenvalue weighted by Crippen LogP contribution is 2.34. The van der Waals surface area contributed by atoms with E-state index in [1.807, 2.05) is 0 Å². The number of hydrogen-bond acceptors (Lipinski definition) is 0. The molecule has 0 heterocycles. The van der Waals surface area contributed by atoms with Crippen LogP contribution in [0.5, 0.6) is 0 Å². The Morgan fingerprint density at radius 1 is 0.947 bits per heavy atom. The van der Waals surface area contributed by atoms with Gasteiger partial charge in [-0.25, -0.2) is 0 Å². The minimum absolute atomic E-state index is 0.177. The Labute approximate surface area is 114 Å². The van der Waals surface area contributed by atoms with Gasteiger partial charge in [-0.1, -0.05) is 61.4 Å². The highest BCUT2D eigenvalue weighted by molar-refractivity contribution is 6.03. The van der Waals surface area contributed by atoms with Gasteiger partial charge in [0.05, 0.1) is 0 Å². The molecule has 0 heteroatoms. The smallest absolute Gasteiger partial charge is 0.0459 e. The van der Waals surface area contributed by atoms with Crippen molar-refractivity contribution in [1.82, 2.24) is 0 Å². The summed E-state index contributed by atoms with van der Waals surface area (Å²) in [4.78, 5) is 0. The molecule has 0 aromatic heterocycles. The van der Waals surface area contributed by atoms with E-state index in [0.717, 1.165) is 6.42 Å². The lowest BCUT2D eigenvalue weighted by Gasteiger charge is -2.16. The molecule has 0 saturated carbocycles. The number of rotatable bonds is 2. The predicted octanol–water partition coefficient (Wildman–Crippen LogP) is 5.12. The maximum Gasteiger partial charge on any atom is 0.0459 e. The number of fused-ring (bicyclic) bond motifs is 2. The third-order valence-electron chi connectivity index (χ3n) is 3.77. The van der Waals surface area contributed by atoms with Gasteiger partial charge in [-0.05, 0) is 39.6 Å². The van der Waals surface area contributed by atoms with Crippen molar-refractivity contribution in [2.75, 3.05) is 0 Å². The van der Waals surface area contributed by atoms with Gasteiger partial charge in [0, 0.05) is 5.92 Å². The maximum absolute atomic E-state index is 5.75. The van der Waals surface area contributed by atoms with Crippen molar-refractivity contribution in [2.24, 2.45) is 0 Å². The van der Waals surface area contributed by atoms with Crippen molar-refractivity contribution >= 4 is 21.5 Å². The molecule has 0 fully saturated rings. The second-order valence-electron chi connectivity index (χ2n) is 4.86. The van der Waals surface area contributed by atoms with Gasteiger partial charge >= 0.3 is 0 Å². The van der Waals surface area contributed by atoms with E-state index in [1.54, 1.807) is 0 Å². The van der Waals surface area contributed by atoms with E-state index >= 15 is 0 Å². The van der Waals surface area contributed by atoms with Gasteiger partial charge in [0.2, 0.25) is 0 Å². The van der Waals surface area contributed by atoms with Crippen LogP contribution in [0.25, 0.3) is 21.5 Å². The van der Waals surface area contributed by atoms with Crippen molar-refractivity contribution in [1.29, 1.82) is 0 Å². The average Bonchev–Trinajstić information content (AvgIpc) is 2.47. The first-order valence-electron chi connectivity index (χ1n) is 6.71. The first-order chi connectivity index (χ1) is 9.35. The van der Waals surface area contributed by atoms with Crippen molar-refractivity contribution in [2.45, 2.75) is 19.3 Å². The minimum Gasteiger partial charge on any atom is -0.119 e. The molecule has 3 rings (SSSR count). The molecule has 92 valence electrons. The quantitative estimate of drug-likeness (QED) is 0.433. The first kappa shape index (κ1) is 11.8. The summed E-state index contributed by atoms with van der Waals surface area (Å²) >= 11 is 0. The lowest BCUT2D eigenvalue weighted by molar-refractivity contribution is 0.844. The molecule has 0 N–H and O–H groups in total. The van der Waals surface area contributed by atoms with Gasteiger partial charge in [0.1, 0.15) is 0 Å². The Balaban J connectivity index is 2.50. The van der Waals surface area contributed by atoms with Gasteiger partial charge in [-0.15, -0.1) is 6.42 Å². The van der Waals surface area contributed by atoms with Crippen LogP contribution >= 0.6 is 0 Å². The number of benzene rings is 3. The zero-order valence-corrected chi connectivity index (χ0v) is 11.1. The summed E-state index contributed by atoms with van der Waals surface area (Å²) in [6.45, 7) is 2.15. The van der Waals surface area contributed by atoms with Crippen LogP contribution < -0.4 is 0 Å². The predicted molar refractivity (Wildman–Crippen MR) is 83.3 cm³/mol. The summed E-state index contributed by atoms with van der Waals surface area (Å²) in [5.74, 6) is 3.13. The van der Waals surface area contributed by atoms with Gasteiger partial charge in [0.15, 0.2) is 0 Å². The minimum atomic E-state index is 0.177. The SMILES string of the molecule is C#CC(CC)c1c2ccccc2cc2ccccc12. The fourth-order valence-corrected chi connectivity index (χ4v) is 2.83. The van der Waals surface area contributed by atoms with E-state index < -0.39 is 0 Å². The molecule has 0 amide bonds. The normalized spacial score (nSPS) is 12.4. The Morgan fingerprint density at radius 3 is 1.95 bits per heavy atom. The van der Waals surface area contributed by atoms with E-state index in [0.29, 0.717) is 0 Å². The van der Waals surface area contributed by atoms with Crippen LogP contribution in [0.3, 0.4) is 0 Å². The molecule has 0 bridgehead atoms. The molecular formula is C19H16. The first-order valence-corrected chi connectivity index (χ1v) is 6.71. The van der Waals surface area contributed by atoms with E-state index in [4.69, 9.17) is 6.42 Å². The van der Waals surface area contributed by atoms with Crippen molar-refractivity contribution in [3.63, 3.8) is 0 Å². The fourth-order valence-electron chi connectivity index (χ4n) is 2.83. The van der Waals surface area contributed by atoms with Gasteiger partial charge in [-0.2, -0.15) is 0 Å². The molecule has 3 aromatic carbocycles. The molecule has 0 aliphatic carbocycles. The molecule has 0 radical (unpaired) electrons. The second-order valence-corrected chi connectivity index (χ2v) is 4.86. The van der Waals surface area contributed by atoms with Crippen LogP contribution in [0.1, 0.15) is 24.8 Å². The molecular weight excluding hydrogens is 228 g/mol. The van der Waals surface area contributed by atoms with Crippen LogP contribution in [0.15, 0.2) is 54.6 Å². The zero-order valence-electron chi connectivity index (χ0n) is 11.1. The molecule has 0 aliphatic heterocycles. The van der Waals surface area contributed by atoms with E-state index in [9.17, 15) is 0 Å². The highest BCUT2D eigenvalue weighted by Gasteiger charge is 2.13. The lowest BCUT2D eigenvalue weighted by atomic mass is 9.87. The summed E-state index contributed by atoms with van der Waals surface area (Å²) in [7, 11) is 0. The molecule has 3 aromatic rings. The molecule has 0 saturated heterocycles. The van der Waals surface area contributed by atoms with E-state index in [1.165, 1.54) is 27.1 Å². The molecule has 19 heavy (non-hydrogen) atoms. The van der Waals surface area contributed by atoms with E-state index in [-0.39, 0.29) is 5.92 Å². The second kappa shape index (κ2) is 4.78. The zero-order chi connectivity index (χ0) is 13.2. The van der Waals surface area contributed by atoms with Gasteiger partial charge in [0.25, 0.3) is 0 Å². The van der Waals surface area contributed by atoms with Crippen LogP contribution in [-0.2, 0) is 0 Å². The molecule has 0 aliphatic rings.